The Kier molecular flexibility index (Phi) is 5.72. The van der Waals surface area contributed by atoms with Crippen LogP contribution in [0, 0.1) is 0 Å². The molecule has 1 aliphatic carbocycles. The monoisotopic (exact) mass is 347 g/mol. The second-order valence-electron chi connectivity index (χ2n) is 5.28. The van der Waals surface area contributed by atoms with Gasteiger partial charge in [-0.15, -0.1) is 0 Å². The maximum absolute atomic E-state index is 6.45. The minimum Gasteiger partial charge on any atom is -0.294 e. The number of aromatic nitrogens is 2. The molecule has 0 atom stereocenters. The molecule has 1 aromatic heterocycles. The zero-order valence-corrected chi connectivity index (χ0v) is 14.2. The van der Waals surface area contributed by atoms with Gasteiger partial charge in [0.2, 0.25) is 0 Å². The van der Waals surface area contributed by atoms with Crippen molar-refractivity contribution in [3.05, 3.63) is 16.4 Å². The molecule has 5 heteroatoms. The van der Waals surface area contributed by atoms with E-state index >= 15 is 0 Å². The van der Waals surface area contributed by atoms with Gasteiger partial charge in [0.05, 0.1) is 16.4 Å². The maximum atomic E-state index is 6.45. The summed E-state index contributed by atoms with van der Waals surface area (Å²) in [7, 11) is 2.00. The summed E-state index contributed by atoms with van der Waals surface area (Å²) in [6, 6.07) is 0.745. The van der Waals surface area contributed by atoms with Gasteiger partial charge in [0.15, 0.2) is 0 Å². The van der Waals surface area contributed by atoms with Gasteiger partial charge < -0.3 is 0 Å². The Hall–Kier alpha value is -0.0600. The van der Waals surface area contributed by atoms with Crippen LogP contribution in [0.4, 0.5) is 0 Å². The molecule has 1 aliphatic rings. The summed E-state index contributed by atoms with van der Waals surface area (Å²) in [5.74, 6) is 0. The quantitative estimate of drug-likeness (QED) is 0.699. The van der Waals surface area contributed by atoms with E-state index in [0.29, 0.717) is 0 Å². The topological polar surface area (TPSA) is 21.1 Å². The van der Waals surface area contributed by atoms with E-state index in [-0.39, 0.29) is 0 Å². The summed E-state index contributed by atoms with van der Waals surface area (Å²) in [5.41, 5.74) is 2.19. The van der Waals surface area contributed by atoms with Crippen molar-refractivity contribution in [3.8, 4) is 0 Å². The van der Waals surface area contributed by atoms with Crippen molar-refractivity contribution in [2.45, 2.75) is 51.6 Å². The molecule has 0 bridgehead atoms. The molecule has 0 aromatic carbocycles. The smallest absolute Gasteiger partial charge is 0.0863 e. The molecular weight excluding hydrogens is 326 g/mol. The standard InChI is InChI=1S/C14H23BrClN3/c1-3-12-14(16)13(18(2)17-12)10-19(9-5-8-15)11-6-4-7-11/h11H,3-10H2,1-2H3. The van der Waals surface area contributed by atoms with Gasteiger partial charge in [-0.25, -0.2) is 0 Å². The highest BCUT2D eigenvalue weighted by molar-refractivity contribution is 9.09. The lowest BCUT2D eigenvalue weighted by atomic mass is 9.91. The molecule has 0 aliphatic heterocycles. The molecule has 1 saturated carbocycles. The SMILES string of the molecule is CCc1nn(C)c(CN(CCCBr)C2CCC2)c1Cl. The third-order valence-corrected chi connectivity index (χ3v) is 5.02. The number of nitrogens with zero attached hydrogens (tertiary/aromatic N) is 3. The molecular formula is C14H23BrClN3. The van der Waals surface area contributed by atoms with E-state index in [4.69, 9.17) is 11.6 Å². The summed E-state index contributed by atoms with van der Waals surface area (Å²) >= 11 is 9.98. The van der Waals surface area contributed by atoms with Crippen LogP contribution in [0.2, 0.25) is 5.02 Å². The molecule has 0 unspecified atom stereocenters. The first-order valence-electron chi connectivity index (χ1n) is 7.17. The molecule has 0 saturated heterocycles. The lowest BCUT2D eigenvalue weighted by molar-refractivity contribution is 0.117. The summed E-state index contributed by atoms with van der Waals surface area (Å²) in [6.45, 7) is 4.17. The minimum atomic E-state index is 0.745. The van der Waals surface area contributed by atoms with Gasteiger partial charge in [-0.2, -0.15) is 5.10 Å². The van der Waals surface area contributed by atoms with E-state index in [1.165, 1.54) is 31.4 Å². The molecule has 1 aromatic rings. The normalized spacial score (nSPS) is 16.1. The summed E-state index contributed by atoms with van der Waals surface area (Å²) < 4.78 is 1.96. The highest BCUT2D eigenvalue weighted by Gasteiger charge is 2.26. The number of aryl methyl sites for hydroxylation is 2. The van der Waals surface area contributed by atoms with Crippen LogP contribution >= 0.6 is 27.5 Å². The van der Waals surface area contributed by atoms with Crippen LogP contribution in [-0.2, 0) is 20.0 Å². The number of alkyl halides is 1. The van der Waals surface area contributed by atoms with Gasteiger partial charge >= 0.3 is 0 Å². The maximum Gasteiger partial charge on any atom is 0.0863 e. The third kappa shape index (κ3) is 3.53. The number of hydrogen-bond acceptors (Lipinski definition) is 2. The molecule has 0 spiro atoms. The Labute approximate surface area is 129 Å². The molecule has 3 nitrogen and oxygen atoms in total. The van der Waals surface area contributed by atoms with Crippen LogP contribution in [0.25, 0.3) is 0 Å². The van der Waals surface area contributed by atoms with Crippen LogP contribution in [0.5, 0.6) is 0 Å². The van der Waals surface area contributed by atoms with E-state index in [1.54, 1.807) is 0 Å². The molecule has 1 heterocycles. The lowest BCUT2D eigenvalue weighted by Gasteiger charge is -2.37. The van der Waals surface area contributed by atoms with E-state index in [2.05, 4.69) is 32.9 Å². The average Bonchev–Trinajstić information content (AvgIpc) is 2.60. The zero-order valence-electron chi connectivity index (χ0n) is 11.8. The fourth-order valence-corrected chi connectivity index (χ4v) is 3.19. The van der Waals surface area contributed by atoms with E-state index in [0.717, 1.165) is 41.6 Å². The van der Waals surface area contributed by atoms with Crippen LogP contribution in [0.15, 0.2) is 0 Å². The Morgan fingerprint density at radius 3 is 2.68 bits per heavy atom. The van der Waals surface area contributed by atoms with Crippen LogP contribution in [0.1, 0.15) is 44.0 Å². The average molecular weight is 349 g/mol. The number of rotatable bonds is 7. The minimum absolute atomic E-state index is 0.745. The van der Waals surface area contributed by atoms with Crippen LogP contribution in [-0.4, -0.2) is 32.6 Å². The van der Waals surface area contributed by atoms with Crippen molar-refractivity contribution in [1.29, 1.82) is 0 Å². The molecule has 108 valence electrons. The highest BCUT2D eigenvalue weighted by atomic mass is 79.9. The Morgan fingerprint density at radius 2 is 2.21 bits per heavy atom. The molecule has 0 amide bonds. The summed E-state index contributed by atoms with van der Waals surface area (Å²) in [6.07, 6.45) is 6.12. The first-order valence-corrected chi connectivity index (χ1v) is 8.67. The van der Waals surface area contributed by atoms with E-state index < -0.39 is 0 Å². The second kappa shape index (κ2) is 7.09. The predicted molar refractivity (Wildman–Crippen MR) is 84.1 cm³/mol. The number of hydrogen-bond donors (Lipinski definition) is 0. The first-order chi connectivity index (χ1) is 9.17. The highest BCUT2D eigenvalue weighted by Crippen LogP contribution is 2.29. The third-order valence-electron chi connectivity index (χ3n) is 4.03. The van der Waals surface area contributed by atoms with Gasteiger partial charge in [-0.05, 0) is 32.2 Å². The van der Waals surface area contributed by atoms with Crippen molar-refractivity contribution in [2.24, 2.45) is 7.05 Å². The molecule has 2 rings (SSSR count). The molecule has 0 radical (unpaired) electrons. The fraction of sp³-hybridized carbons (Fsp3) is 0.786. The van der Waals surface area contributed by atoms with Crippen LogP contribution in [0.3, 0.4) is 0 Å². The van der Waals surface area contributed by atoms with E-state index in [1.807, 2.05) is 11.7 Å². The molecule has 1 fully saturated rings. The van der Waals surface area contributed by atoms with Crippen molar-refractivity contribution < 1.29 is 0 Å². The summed E-state index contributed by atoms with van der Waals surface area (Å²) in [4.78, 5) is 2.58. The van der Waals surface area contributed by atoms with E-state index in [9.17, 15) is 0 Å². The first kappa shape index (κ1) is 15.3. The van der Waals surface area contributed by atoms with Crippen molar-refractivity contribution in [2.75, 3.05) is 11.9 Å². The van der Waals surface area contributed by atoms with Crippen molar-refractivity contribution in [1.82, 2.24) is 14.7 Å². The fourth-order valence-electron chi connectivity index (χ4n) is 2.59. The second-order valence-corrected chi connectivity index (χ2v) is 6.45. The number of halogens is 2. The Bertz CT molecular complexity index is 415. The Morgan fingerprint density at radius 1 is 1.47 bits per heavy atom. The van der Waals surface area contributed by atoms with Gasteiger partial charge in [-0.3, -0.25) is 9.58 Å². The van der Waals surface area contributed by atoms with Crippen molar-refractivity contribution in [3.63, 3.8) is 0 Å². The lowest BCUT2D eigenvalue weighted by Crippen LogP contribution is -2.40. The van der Waals surface area contributed by atoms with Gasteiger partial charge in [0, 0.05) is 25.0 Å². The zero-order chi connectivity index (χ0) is 13.8. The van der Waals surface area contributed by atoms with Gasteiger partial charge in [0.1, 0.15) is 0 Å². The predicted octanol–water partition coefficient (Wildman–Crippen LogP) is 3.78. The van der Waals surface area contributed by atoms with Crippen LogP contribution < -0.4 is 0 Å². The molecule has 19 heavy (non-hydrogen) atoms. The summed E-state index contributed by atoms with van der Waals surface area (Å²) in [5, 5.41) is 6.45. The van der Waals surface area contributed by atoms with Gasteiger partial charge in [-0.1, -0.05) is 40.9 Å². The Balaban J connectivity index is 2.09. The van der Waals surface area contributed by atoms with Crippen molar-refractivity contribution >= 4 is 27.5 Å². The van der Waals surface area contributed by atoms with Gasteiger partial charge in [0.25, 0.3) is 0 Å². The molecule has 0 N–H and O–H groups in total. The largest absolute Gasteiger partial charge is 0.294 e.